The van der Waals surface area contributed by atoms with Gasteiger partial charge in [0.1, 0.15) is 31.9 Å². The van der Waals surface area contributed by atoms with Gasteiger partial charge < -0.3 is 34.7 Å². The molecule has 0 bridgehead atoms. The quantitative estimate of drug-likeness (QED) is 0.169. The minimum atomic E-state index is -1.03. The number of benzene rings is 2. The third-order valence-corrected chi connectivity index (χ3v) is 6.66. The van der Waals surface area contributed by atoms with Crippen molar-refractivity contribution in [2.24, 2.45) is 5.73 Å². The Morgan fingerprint density at radius 3 is 1.78 bits per heavy atom. The maximum absolute atomic E-state index is 12.4. The minimum Gasteiger partial charge on any atom is -0.469 e. The fourth-order valence-corrected chi connectivity index (χ4v) is 4.38. The number of ether oxygens (including phenoxy) is 5. The first-order chi connectivity index (χ1) is 21.7. The Labute approximate surface area is 262 Å². The van der Waals surface area contributed by atoms with Gasteiger partial charge in [-0.2, -0.15) is 0 Å². The molecule has 1 amide bonds. The molecule has 2 atom stereocenters. The molecule has 1 aliphatic carbocycles. The van der Waals surface area contributed by atoms with E-state index in [0.717, 1.165) is 22.3 Å². The lowest BCUT2D eigenvalue weighted by Gasteiger charge is -2.18. The van der Waals surface area contributed by atoms with E-state index in [0.29, 0.717) is 0 Å². The molecule has 2 aromatic rings. The molecule has 0 aromatic heterocycles. The number of alkyl carbamates (subject to hydrolysis) is 1. The van der Waals surface area contributed by atoms with Crippen LogP contribution in [0.1, 0.15) is 42.7 Å². The first kappa shape index (κ1) is 36.2. The predicted octanol–water partition coefficient (Wildman–Crippen LogP) is 3.57. The van der Waals surface area contributed by atoms with Crippen LogP contribution >= 0.6 is 0 Å². The Hall–Kier alpha value is -4.97. The van der Waals surface area contributed by atoms with Gasteiger partial charge in [-0.1, -0.05) is 73.8 Å². The van der Waals surface area contributed by atoms with Crippen molar-refractivity contribution in [3.05, 3.63) is 85.0 Å². The van der Waals surface area contributed by atoms with Gasteiger partial charge in [-0.25, -0.2) is 9.59 Å². The van der Waals surface area contributed by atoms with Crippen LogP contribution in [0.5, 0.6) is 0 Å². The number of amides is 1. The SMILES string of the molecule is C=CCOC(=O)C(CCC(=O)OC)NC(=O)OCC1c2ccccc2-c2ccccc21.C=CCOC(=O)C(N)CCC(=O)OC. The molecule has 2 aromatic carbocycles. The van der Waals surface area contributed by atoms with Gasteiger partial charge in [-0.15, -0.1) is 0 Å². The summed E-state index contributed by atoms with van der Waals surface area (Å²) < 4.78 is 24.2. The highest BCUT2D eigenvalue weighted by Crippen LogP contribution is 2.44. The summed E-state index contributed by atoms with van der Waals surface area (Å²) in [5, 5.41) is 2.50. The van der Waals surface area contributed by atoms with Gasteiger partial charge in [0, 0.05) is 18.8 Å². The molecule has 3 N–H and O–H groups in total. The van der Waals surface area contributed by atoms with Gasteiger partial charge in [0.05, 0.1) is 14.2 Å². The van der Waals surface area contributed by atoms with Crippen molar-refractivity contribution < 1.29 is 47.7 Å². The first-order valence-corrected chi connectivity index (χ1v) is 14.2. The number of hydrogen-bond acceptors (Lipinski definition) is 11. The summed E-state index contributed by atoms with van der Waals surface area (Å²) in [4.78, 5) is 57.9. The lowest BCUT2D eigenvalue weighted by Crippen LogP contribution is -2.42. The van der Waals surface area contributed by atoms with E-state index < -0.39 is 42.1 Å². The van der Waals surface area contributed by atoms with E-state index >= 15 is 0 Å². The van der Waals surface area contributed by atoms with Gasteiger partial charge in [0.25, 0.3) is 0 Å². The van der Waals surface area contributed by atoms with Crippen LogP contribution in [0, 0.1) is 0 Å². The molecule has 3 rings (SSSR count). The van der Waals surface area contributed by atoms with Crippen LogP contribution in [-0.2, 0) is 42.9 Å². The molecule has 0 spiro atoms. The average Bonchev–Trinajstić information content (AvgIpc) is 3.39. The fourth-order valence-electron chi connectivity index (χ4n) is 4.38. The second kappa shape index (κ2) is 19.3. The number of fused-ring (bicyclic) bond motifs is 3. The average molecular weight is 625 g/mol. The zero-order valence-corrected chi connectivity index (χ0v) is 25.5. The van der Waals surface area contributed by atoms with Crippen LogP contribution < -0.4 is 11.1 Å². The van der Waals surface area contributed by atoms with E-state index in [-0.39, 0.29) is 51.4 Å². The van der Waals surface area contributed by atoms with Crippen LogP contribution in [0.3, 0.4) is 0 Å². The lowest BCUT2D eigenvalue weighted by molar-refractivity contribution is -0.147. The summed E-state index contributed by atoms with van der Waals surface area (Å²) in [5.41, 5.74) is 9.86. The molecule has 0 heterocycles. The summed E-state index contributed by atoms with van der Waals surface area (Å²) >= 11 is 0. The maximum atomic E-state index is 12.4. The number of methoxy groups -OCH3 is 2. The second-order valence-corrected chi connectivity index (χ2v) is 9.70. The van der Waals surface area contributed by atoms with Crippen LogP contribution in [0.2, 0.25) is 0 Å². The summed E-state index contributed by atoms with van der Waals surface area (Å²) in [6.45, 7) is 7.12. The Kier molecular flexibility index (Phi) is 15.6. The number of nitrogens with two attached hydrogens (primary N) is 1. The zero-order chi connectivity index (χ0) is 33.2. The van der Waals surface area contributed by atoms with Gasteiger partial charge >= 0.3 is 30.0 Å². The number of esters is 4. The lowest BCUT2D eigenvalue weighted by atomic mass is 9.98. The Morgan fingerprint density at radius 1 is 0.778 bits per heavy atom. The number of carbonyl (C=O) groups excluding carboxylic acids is 5. The zero-order valence-electron chi connectivity index (χ0n) is 25.5. The number of rotatable bonds is 15. The number of carbonyl (C=O) groups is 5. The number of hydrogen-bond donors (Lipinski definition) is 2. The third-order valence-electron chi connectivity index (χ3n) is 6.66. The Morgan fingerprint density at radius 2 is 1.27 bits per heavy atom. The third kappa shape index (κ3) is 11.6. The van der Waals surface area contributed by atoms with Crippen molar-refractivity contribution in [3.63, 3.8) is 0 Å². The summed E-state index contributed by atoms with van der Waals surface area (Å²) in [5.74, 6) is -2.18. The molecule has 0 aliphatic heterocycles. The molecule has 0 fully saturated rings. The van der Waals surface area contributed by atoms with Crippen LogP contribution in [-0.4, -0.2) is 76.1 Å². The standard InChI is InChI=1S/C24H25NO6.C9H15NO4/c1-3-14-30-23(27)21(12-13-22(26)29-2)25-24(28)31-15-20-18-10-6-4-8-16(18)17-9-5-7-11-19(17)20;1-3-6-14-9(12)7(10)4-5-8(11)13-2/h3-11,20-21H,1,12-15H2,2H3,(H,25,28);3,7H,1,4-6,10H2,2H3. The monoisotopic (exact) mass is 624 g/mol. The van der Waals surface area contributed by atoms with Gasteiger partial charge in [-0.05, 0) is 35.1 Å². The highest BCUT2D eigenvalue weighted by molar-refractivity contribution is 5.83. The van der Waals surface area contributed by atoms with Gasteiger partial charge in [0.15, 0.2) is 0 Å². The molecule has 0 saturated heterocycles. The fraction of sp³-hybridized carbons (Fsp3) is 0.364. The van der Waals surface area contributed by atoms with E-state index in [1.54, 1.807) is 0 Å². The largest absolute Gasteiger partial charge is 0.469 e. The molecule has 45 heavy (non-hydrogen) atoms. The van der Waals surface area contributed by atoms with E-state index in [9.17, 15) is 24.0 Å². The highest BCUT2D eigenvalue weighted by Gasteiger charge is 2.30. The Balaban J connectivity index is 0.000000426. The van der Waals surface area contributed by atoms with Gasteiger partial charge in [0.2, 0.25) is 0 Å². The highest BCUT2D eigenvalue weighted by atomic mass is 16.6. The minimum absolute atomic E-state index is 0.0000721. The van der Waals surface area contributed by atoms with Crippen LogP contribution in [0.25, 0.3) is 11.1 Å². The molecule has 0 radical (unpaired) electrons. The van der Waals surface area contributed by atoms with E-state index in [1.807, 2.05) is 48.5 Å². The summed E-state index contributed by atoms with van der Waals surface area (Å²) in [6.07, 6.45) is 2.44. The van der Waals surface area contributed by atoms with Crippen molar-refractivity contribution in [1.29, 1.82) is 0 Å². The molecular weight excluding hydrogens is 584 g/mol. The summed E-state index contributed by atoms with van der Waals surface area (Å²) in [7, 11) is 2.54. The van der Waals surface area contributed by atoms with Crippen molar-refractivity contribution in [3.8, 4) is 11.1 Å². The summed E-state index contributed by atoms with van der Waals surface area (Å²) in [6, 6.07) is 14.2. The van der Waals surface area contributed by atoms with Crippen LogP contribution in [0.4, 0.5) is 4.79 Å². The number of nitrogens with one attached hydrogen (secondary N) is 1. The van der Waals surface area contributed by atoms with Crippen molar-refractivity contribution in [1.82, 2.24) is 5.32 Å². The topological polar surface area (TPSA) is 170 Å². The second-order valence-electron chi connectivity index (χ2n) is 9.70. The molecule has 242 valence electrons. The van der Waals surface area contributed by atoms with Crippen molar-refractivity contribution >= 4 is 30.0 Å². The van der Waals surface area contributed by atoms with Crippen molar-refractivity contribution in [2.75, 3.05) is 34.0 Å². The van der Waals surface area contributed by atoms with Crippen LogP contribution in [0.15, 0.2) is 73.8 Å². The van der Waals surface area contributed by atoms with Crippen molar-refractivity contribution in [2.45, 2.75) is 43.7 Å². The molecule has 12 heteroatoms. The van der Waals surface area contributed by atoms with E-state index in [1.165, 1.54) is 26.4 Å². The first-order valence-electron chi connectivity index (χ1n) is 14.2. The normalized spacial score (nSPS) is 12.4. The molecule has 1 aliphatic rings. The molecular formula is C33H40N2O10. The predicted molar refractivity (Wildman–Crippen MR) is 165 cm³/mol. The van der Waals surface area contributed by atoms with Gasteiger partial charge in [-0.3, -0.25) is 14.4 Å². The van der Waals surface area contributed by atoms with E-state index in [4.69, 9.17) is 15.2 Å². The molecule has 12 nitrogen and oxygen atoms in total. The van der Waals surface area contributed by atoms with E-state index in [2.05, 4.69) is 32.7 Å². The maximum Gasteiger partial charge on any atom is 0.407 e. The Bertz CT molecular complexity index is 1300. The molecule has 0 saturated carbocycles. The molecule has 2 unspecified atom stereocenters. The smallest absolute Gasteiger partial charge is 0.407 e.